The normalized spacial score (nSPS) is 10.9. The van der Waals surface area contributed by atoms with Gasteiger partial charge < -0.3 is 20.5 Å². The topological polar surface area (TPSA) is 68.9 Å². The van der Waals surface area contributed by atoms with E-state index in [2.05, 4.69) is 10.3 Å². The highest BCUT2D eigenvalue weighted by atomic mass is 127. The number of para-hydroxylation sites is 1. The molecule has 0 atom stereocenters. The zero-order valence-electron chi connectivity index (χ0n) is 14.2. The molecule has 5 nitrogen and oxygen atoms in total. The van der Waals surface area contributed by atoms with Crippen LogP contribution in [0, 0.1) is 0 Å². The second-order valence-electron chi connectivity index (χ2n) is 5.33. The Morgan fingerprint density at radius 1 is 1.12 bits per heavy atom. The van der Waals surface area contributed by atoms with Crippen LogP contribution in [0.3, 0.4) is 0 Å². The summed E-state index contributed by atoms with van der Waals surface area (Å²) in [5, 5.41) is 3.06. The van der Waals surface area contributed by atoms with Crippen molar-refractivity contribution in [3.05, 3.63) is 54.1 Å². The van der Waals surface area contributed by atoms with Gasteiger partial charge in [-0.25, -0.2) is 4.99 Å². The van der Waals surface area contributed by atoms with Crippen molar-refractivity contribution < 1.29 is 9.47 Å². The molecule has 0 aliphatic carbocycles. The first-order chi connectivity index (χ1) is 11.1. The lowest BCUT2D eigenvalue weighted by atomic mass is 10.2. The molecule has 3 N–H and O–H groups in total. The average Bonchev–Trinajstić information content (AvgIpc) is 2.54. The van der Waals surface area contributed by atoms with E-state index in [4.69, 9.17) is 15.2 Å². The molecule has 0 saturated carbocycles. The quantitative estimate of drug-likeness (QED) is 0.404. The first-order valence-electron chi connectivity index (χ1n) is 7.54. The molecule has 0 fully saturated rings. The van der Waals surface area contributed by atoms with Gasteiger partial charge in [0.15, 0.2) is 5.96 Å². The summed E-state index contributed by atoms with van der Waals surface area (Å²) in [5.41, 5.74) is 7.78. The molecule has 0 amide bonds. The van der Waals surface area contributed by atoms with Crippen molar-refractivity contribution in [1.82, 2.24) is 0 Å². The molecule has 6 heteroatoms. The van der Waals surface area contributed by atoms with Crippen LogP contribution < -0.4 is 20.5 Å². The van der Waals surface area contributed by atoms with Gasteiger partial charge in [0.1, 0.15) is 11.5 Å². The van der Waals surface area contributed by atoms with Gasteiger partial charge in [-0.3, -0.25) is 0 Å². The number of methoxy groups -OCH3 is 1. The zero-order valence-corrected chi connectivity index (χ0v) is 16.5. The molecule has 0 saturated heterocycles. The summed E-state index contributed by atoms with van der Waals surface area (Å²) in [6.07, 6.45) is 0.154. The van der Waals surface area contributed by atoms with Gasteiger partial charge in [-0.15, -0.1) is 24.0 Å². The lowest BCUT2D eigenvalue weighted by Crippen LogP contribution is -2.22. The van der Waals surface area contributed by atoms with E-state index in [1.807, 2.05) is 62.4 Å². The maximum atomic E-state index is 5.93. The molecule has 0 heterocycles. The minimum atomic E-state index is 0. The Kier molecular flexibility index (Phi) is 8.39. The van der Waals surface area contributed by atoms with Gasteiger partial charge in [-0.05, 0) is 44.2 Å². The largest absolute Gasteiger partial charge is 0.496 e. The van der Waals surface area contributed by atoms with Crippen molar-refractivity contribution in [3.8, 4) is 11.5 Å². The van der Waals surface area contributed by atoms with Gasteiger partial charge in [0.2, 0.25) is 0 Å². The Balaban J connectivity index is 0.00000288. The minimum Gasteiger partial charge on any atom is -0.496 e. The fourth-order valence-electron chi connectivity index (χ4n) is 2.08. The molecule has 2 aromatic carbocycles. The van der Waals surface area contributed by atoms with Gasteiger partial charge in [0.05, 0.1) is 19.8 Å². The van der Waals surface area contributed by atoms with Crippen molar-refractivity contribution in [1.29, 1.82) is 0 Å². The third-order valence-corrected chi connectivity index (χ3v) is 3.11. The fourth-order valence-corrected chi connectivity index (χ4v) is 2.08. The maximum Gasteiger partial charge on any atom is 0.193 e. The number of hydrogen-bond donors (Lipinski definition) is 2. The highest BCUT2D eigenvalue weighted by Gasteiger charge is 2.02. The third kappa shape index (κ3) is 6.27. The third-order valence-electron chi connectivity index (χ3n) is 3.11. The molecule has 0 bridgehead atoms. The van der Waals surface area contributed by atoms with Crippen LogP contribution in [0.4, 0.5) is 5.69 Å². The van der Waals surface area contributed by atoms with Crippen molar-refractivity contribution in [2.45, 2.75) is 26.5 Å². The lowest BCUT2D eigenvalue weighted by molar-refractivity contribution is 0.242. The smallest absolute Gasteiger partial charge is 0.193 e. The molecule has 2 rings (SSSR count). The van der Waals surface area contributed by atoms with Gasteiger partial charge >= 0.3 is 0 Å². The number of anilines is 1. The molecular weight excluding hydrogens is 417 g/mol. The number of nitrogens with two attached hydrogens (primary N) is 1. The molecule has 130 valence electrons. The van der Waals surface area contributed by atoms with E-state index >= 15 is 0 Å². The van der Waals surface area contributed by atoms with Crippen LogP contribution >= 0.6 is 24.0 Å². The monoisotopic (exact) mass is 441 g/mol. The predicted molar refractivity (Wildman–Crippen MR) is 110 cm³/mol. The highest BCUT2D eigenvalue weighted by Crippen LogP contribution is 2.19. The van der Waals surface area contributed by atoms with E-state index < -0.39 is 0 Å². The molecule has 0 aliphatic rings. The van der Waals surface area contributed by atoms with Gasteiger partial charge in [0, 0.05) is 11.3 Å². The Labute approximate surface area is 160 Å². The molecular formula is C18H24IN3O2. The summed E-state index contributed by atoms with van der Waals surface area (Å²) in [4.78, 5) is 4.34. The Bertz CT molecular complexity index is 658. The van der Waals surface area contributed by atoms with E-state index in [1.165, 1.54) is 0 Å². The van der Waals surface area contributed by atoms with Crippen LogP contribution in [0.5, 0.6) is 11.5 Å². The van der Waals surface area contributed by atoms with Crippen LogP contribution in [0.15, 0.2) is 53.5 Å². The average molecular weight is 441 g/mol. The Hall–Kier alpha value is -1.96. The molecule has 24 heavy (non-hydrogen) atoms. The molecule has 0 aromatic heterocycles. The summed E-state index contributed by atoms with van der Waals surface area (Å²) < 4.78 is 10.9. The van der Waals surface area contributed by atoms with E-state index in [1.54, 1.807) is 7.11 Å². The van der Waals surface area contributed by atoms with E-state index in [9.17, 15) is 0 Å². The summed E-state index contributed by atoms with van der Waals surface area (Å²) in [7, 11) is 1.64. The van der Waals surface area contributed by atoms with Crippen LogP contribution in [-0.4, -0.2) is 19.2 Å². The standard InChI is InChI=1S/C18H23N3O2.HI/c1-13(2)23-16-10-8-15(9-11-16)21-18(19)20-12-14-6-4-5-7-17(14)22-3;/h4-11,13H,12H2,1-3H3,(H3,19,20,21);1H. The van der Waals surface area contributed by atoms with E-state index in [0.717, 1.165) is 22.7 Å². The highest BCUT2D eigenvalue weighted by molar-refractivity contribution is 14.0. The van der Waals surface area contributed by atoms with Crippen molar-refractivity contribution in [2.75, 3.05) is 12.4 Å². The minimum absolute atomic E-state index is 0. The number of aliphatic imine (C=N–C) groups is 1. The lowest BCUT2D eigenvalue weighted by Gasteiger charge is -2.11. The predicted octanol–water partition coefficient (Wildman–Crippen LogP) is 4.03. The summed E-state index contributed by atoms with van der Waals surface area (Å²) >= 11 is 0. The SMILES string of the molecule is COc1ccccc1CN=C(N)Nc1ccc(OC(C)C)cc1.I. The first kappa shape index (κ1) is 20.1. The first-order valence-corrected chi connectivity index (χ1v) is 7.54. The number of hydrogen-bond acceptors (Lipinski definition) is 3. The van der Waals surface area contributed by atoms with Crippen LogP contribution in [0.2, 0.25) is 0 Å². The van der Waals surface area contributed by atoms with E-state index in [0.29, 0.717) is 12.5 Å². The molecule has 0 spiro atoms. The Morgan fingerprint density at radius 2 is 1.79 bits per heavy atom. The molecule has 0 radical (unpaired) electrons. The van der Waals surface area contributed by atoms with Gasteiger partial charge in [-0.1, -0.05) is 18.2 Å². The Morgan fingerprint density at radius 3 is 2.42 bits per heavy atom. The zero-order chi connectivity index (χ0) is 16.7. The second kappa shape index (κ2) is 10.0. The number of rotatable bonds is 6. The van der Waals surface area contributed by atoms with E-state index in [-0.39, 0.29) is 30.1 Å². The number of ether oxygens (including phenoxy) is 2. The summed E-state index contributed by atoms with van der Waals surface area (Å²) in [5.74, 6) is 1.99. The fraction of sp³-hybridized carbons (Fsp3) is 0.278. The van der Waals surface area contributed by atoms with Crippen LogP contribution in [-0.2, 0) is 6.54 Å². The van der Waals surface area contributed by atoms with Gasteiger partial charge in [0.25, 0.3) is 0 Å². The number of guanidine groups is 1. The number of nitrogens with one attached hydrogen (secondary N) is 1. The van der Waals surface area contributed by atoms with Crippen LogP contribution in [0.25, 0.3) is 0 Å². The summed E-state index contributed by atoms with van der Waals surface area (Å²) in [6, 6.07) is 15.4. The summed E-state index contributed by atoms with van der Waals surface area (Å²) in [6.45, 7) is 4.45. The van der Waals surface area contributed by atoms with Crippen LogP contribution in [0.1, 0.15) is 19.4 Å². The second-order valence-corrected chi connectivity index (χ2v) is 5.33. The van der Waals surface area contributed by atoms with Crippen molar-refractivity contribution in [3.63, 3.8) is 0 Å². The number of halogens is 1. The van der Waals surface area contributed by atoms with Crippen molar-refractivity contribution in [2.24, 2.45) is 10.7 Å². The molecule has 2 aromatic rings. The van der Waals surface area contributed by atoms with Gasteiger partial charge in [-0.2, -0.15) is 0 Å². The molecule has 0 unspecified atom stereocenters. The maximum absolute atomic E-state index is 5.93. The molecule has 0 aliphatic heterocycles. The van der Waals surface area contributed by atoms with Crippen molar-refractivity contribution >= 4 is 35.6 Å². The number of nitrogens with zero attached hydrogens (tertiary/aromatic N) is 1. The number of benzene rings is 2.